The van der Waals surface area contributed by atoms with Gasteiger partial charge in [0, 0.05) is 31.1 Å². The zero-order valence-corrected chi connectivity index (χ0v) is 21.1. The van der Waals surface area contributed by atoms with Crippen LogP contribution in [0.1, 0.15) is 81.3 Å². The lowest BCUT2D eigenvalue weighted by atomic mass is 9.84. The quantitative estimate of drug-likeness (QED) is 0.379. The molecule has 0 N–H and O–H groups in total. The van der Waals surface area contributed by atoms with Crippen molar-refractivity contribution in [2.24, 2.45) is 5.92 Å². The van der Waals surface area contributed by atoms with Gasteiger partial charge in [0.25, 0.3) is 0 Å². The van der Waals surface area contributed by atoms with Gasteiger partial charge in [-0.25, -0.2) is 8.78 Å². The van der Waals surface area contributed by atoms with E-state index >= 15 is 0 Å². The zero-order chi connectivity index (χ0) is 26.2. The van der Waals surface area contributed by atoms with E-state index < -0.39 is 23.7 Å². The fraction of sp³-hybridized carbons (Fsp3) is 0.621. The van der Waals surface area contributed by atoms with E-state index in [9.17, 15) is 26.7 Å². The first-order valence-electron chi connectivity index (χ1n) is 13.7. The average Bonchev–Trinajstić information content (AvgIpc) is 3.44. The molecule has 0 bridgehead atoms. The zero-order valence-electron chi connectivity index (χ0n) is 21.1. The second kappa shape index (κ2) is 10.9. The topological polar surface area (TPSA) is 23.6 Å². The van der Waals surface area contributed by atoms with E-state index in [1.807, 2.05) is 4.90 Å². The van der Waals surface area contributed by atoms with Gasteiger partial charge in [-0.1, -0.05) is 31.0 Å². The number of halogens is 5. The minimum absolute atomic E-state index is 0.0201. The number of allylic oxidation sites excluding steroid dienone is 2. The molecule has 4 aliphatic rings. The third-order valence-corrected chi connectivity index (χ3v) is 8.74. The van der Waals surface area contributed by atoms with E-state index in [4.69, 9.17) is 0 Å². The molecule has 3 nitrogen and oxygen atoms in total. The van der Waals surface area contributed by atoms with Crippen LogP contribution in [0.2, 0.25) is 0 Å². The number of piperidine rings is 1. The fourth-order valence-electron chi connectivity index (χ4n) is 6.64. The van der Waals surface area contributed by atoms with E-state index in [-0.39, 0.29) is 24.2 Å². The molecule has 202 valence electrons. The molecule has 8 heteroatoms. The van der Waals surface area contributed by atoms with Gasteiger partial charge in [0.05, 0.1) is 5.56 Å². The first-order chi connectivity index (χ1) is 17.7. The van der Waals surface area contributed by atoms with Crippen molar-refractivity contribution >= 4 is 5.91 Å². The smallest absolute Gasteiger partial charge is 0.315 e. The number of rotatable bonds is 5. The summed E-state index contributed by atoms with van der Waals surface area (Å²) in [5.74, 6) is -0.426. The van der Waals surface area contributed by atoms with Crippen LogP contribution < -0.4 is 0 Å². The SMILES string of the molecule is O=C(C1CCCC1)N1CCC2=C(F)C(F)CCC2=C1CCN1CCC(c2cccc(C(F)(F)F)c2)CC1. The van der Waals surface area contributed by atoms with Crippen LogP contribution in [-0.4, -0.2) is 48.1 Å². The molecule has 37 heavy (non-hydrogen) atoms. The maximum absolute atomic E-state index is 14.7. The van der Waals surface area contributed by atoms with Crippen LogP contribution >= 0.6 is 0 Å². The summed E-state index contributed by atoms with van der Waals surface area (Å²) < 4.78 is 68.2. The van der Waals surface area contributed by atoms with Crippen LogP contribution in [-0.2, 0) is 11.0 Å². The molecule has 1 unspecified atom stereocenters. The lowest BCUT2D eigenvalue weighted by molar-refractivity contribution is -0.137. The Hall–Kier alpha value is -2.22. The Morgan fingerprint density at radius 3 is 2.38 bits per heavy atom. The van der Waals surface area contributed by atoms with Crippen molar-refractivity contribution in [3.05, 3.63) is 58.1 Å². The van der Waals surface area contributed by atoms with Gasteiger partial charge in [-0.15, -0.1) is 0 Å². The third-order valence-electron chi connectivity index (χ3n) is 8.74. The van der Waals surface area contributed by atoms with Crippen LogP contribution in [0.15, 0.2) is 46.9 Å². The lowest BCUT2D eigenvalue weighted by Crippen LogP contribution is -2.41. The molecule has 1 saturated heterocycles. The number of benzene rings is 1. The molecule has 1 atom stereocenters. The van der Waals surface area contributed by atoms with Crippen LogP contribution in [0, 0.1) is 5.92 Å². The van der Waals surface area contributed by atoms with Gasteiger partial charge >= 0.3 is 6.18 Å². The van der Waals surface area contributed by atoms with Crippen molar-refractivity contribution in [1.29, 1.82) is 0 Å². The number of carbonyl (C=O) groups is 1. The molecule has 0 radical (unpaired) electrons. The number of hydrogen-bond acceptors (Lipinski definition) is 2. The Morgan fingerprint density at radius 1 is 0.946 bits per heavy atom. The molecule has 1 saturated carbocycles. The number of amides is 1. The molecule has 0 spiro atoms. The van der Waals surface area contributed by atoms with Gasteiger partial charge in [0.2, 0.25) is 5.91 Å². The molecule has 2 aliphatic carbocycles. The molecular weight excluding hydrogens is 487 g/mol. The maximum atomic E-state index is 14.7. The van der Waals surface area contributed by atoms with Gasteiger partial charge in [-0.2, -0.15) is 13.2 Å². The molecular formula is C29H35F5N2O. The number of hydrogen-bond donors (Lipinski definition) is 0. The summed E-state index contributed by atoms with van der Waals surface area (Å²) in [5, 5.41) is 0. The standard InChI is InChI=1S/C29H35F5N2O/c30-25-9-8-23-24(27(25)31)12-17-36(28(37)20-4-1-2-5-20)26(23)13-16-35-14-10-19(11-15-35)21-6-3-7-22(18-21)29(32,33)34/h3,6-7,18-20,25H,1-2,4-5,8-17H2. The Kier molecular flexibility index (Phi) is 7.75. The van der Waals surface area contributed by atoms with Gasteiger partial charge in [0.1, 0.15) is 5.83 Å². The molecule has 1 aromatic carbocycles. The van der Waals surface area contributed by atoms with Crippen molar-refractivity contribution in [2.45, 2.75) is 82.5 Å². The van der Waals surface area contributed by atoms with E-state index in [0.717, 1.165) is 74.5 Å². The monoisotopic (exact) mass is 522 g/mol. The predicted octanol–water partition coefficient (Wildman–Crippen LogP) is 7.31. The first-order valence-corrected chi connectivity index (χ1v) is 13.7. The van der Waals surface area contributed by atoms with Gasteiger partial charge in [-0.05, 0) is 86.7 Å². The summed E-state index contributed by atoms with van der Waals surface area (Å²) in [7, 11) is 0. The van der Waals surface area contributed by atoms with Gasteiger partial charge in [-0.3, -0.25) is 4.79 Å². The Labute approximate surface area is 215 Å². The van der Waals surface area contributed by atoms with Gasteiger partial charge < -0.3 is 9.80 Å². The largest absolute Gasteiger partial charge is 0.416 e. The summed E-state index contributed by atoms with van der Waals surface area (Å²) in [6.07, 6.45) is 1.06. The second-order valence-corrected chi connectivity index (χ2v) is 11.0. The van der Waals surface area contributed by atoms with E-state index in [2.05, 4.69) is 4.90 Å². The van der Waals surface area contributed by atoms with E-state index in [1.165, 1.54) is 12.1 Å². The van der Waals surface area contributed by atoms with Crippen LogP contribution in [0.25, 0.3) is 0 Å². The Morgan fingerprint density at radius 2 is 1.68 bits per heavy atom. The fourth-order valence-corrected chi connectivity index (χ4v) is 6.64. The minimum Gasteiger partial charge on any atom is -0.315 e. The van der Waals surface area contributed by atoms with Crippen LogP contribution in [0.3, 0.4) is 0 Å². The highest BCUT2D eigenvalue weighted by Gasteiger charge is 2.37. The molecule has 1 aromatic rings. The molecule has 2 fully saturated rings. The number of nitrogens with zero attached hydrogens (tertiary/aromatic N) is 2. The van der Waals surface area contributed by atoms with Crippen LogP contribution in [0.4, 0.5) is 22.0 Å². The van der Waals surface area contributed by atoms with Crippen molar-refractivity contribution in [3.8, 4) is 0 Å². The number of carbonyl (C=O) groups excluding carboxylic acids is 1. The van der Waals surface area contributed by atoms with Crippen molar-refractivity contribution < 1.29 is 26.7 Å². The van der Waals surface area contributed by atoms with Crippen molar-refractivity contribution in [2.75, 3.05) is 26.2 Å². The highest BCUT2D eigenvalue weighted by molar-refractivity contribution is 5.81. The normalized spacial score (nSPS) is 24.7. The summed E-state index contributed by atoms with van der Waals surface area (Å²) >= 11 is 0. The predicted molar refractivity (Wildman–Crippen MR) is 132 cm³/mol. The summed E-state index contributed by atoms with van der Waals surface area (Å²) in [4.78, 5) is 17.5. The summed E-state index contributed by atoms with van der Waals surface area (Å²) in [6, 6.07) is 5.64. The number of likely N-dealkylation sites (tertiary alicyclic amines) is 1. The lowest BCUT2D eigenvalue weighted by Gasteiger charge is -2.39. The Balaban J connectivity index is 1.27. The third kappa shape index (κ3) is 5.64. The first kappa shape index (κ1) is 26.4. The summed E-state index contributed by atoms with van der Waals surface area (Å²) in [5.41, 5.74) is 2.27. The molecule has 0 aromatic heterocycles. The molecule has 5 rings (SSSR count). The average molecular weight is 523 g/mol. The number of fused-ring (bicyclic) bond motifs is 1. The van der Waals surface area contributed by atoms with Crippen molar-refractivity contribution in [3.63, 3.8) is 0 Å². The Bertz CT molecular complexity index is 1060. The van der Waals surface area contributed by atoms with Crippen LogP contribution in [0.5, 0.6) is 0 Å². The molecule has 2 heterocycles. The maximum Gasteiger partial charge on any atom is 0.416 e. The molecule has 2 aliphatic heterocycles. The van der Waals surface area contributed by atoms with E-state index in [1.54, 1.807) is 6.07 Å². The van der Waals surface area contributed by atoms with E-state index in [0.29, 0.717) is 37.9 Å². The highest BCUT2D eigenvalue weighted by Crippen LogP contribution is 2.42. The second-order valence-electron chi connectivity index (χ2n) is 11.0. The van der Waals surface area contributed by atoms with Crippen molar-refractivity contribution in [1.82, 2.24) is 9.80 Å². The summed E-state index contributed by atoms with van der Waals surface area (Å²) in [6.45, 7) is 2.60. The number of alkyl halides is 4. The minimum atomic E-state index is -4.35. The highest BCUT2D eigenvalue weighted by atomic mass is 19.4. The van der Waals surface area contributed by atoms with Gasteiger partial charge in [0.15, 0.2) is 6.17 Å². The molecule has 1 amide bonds.